The van der Waals surface area contributed by atoms with Crippen LogP contribution in [-0.2, 0) is 4.79 Å². The molecule has 2 nitrogen and oxygen atoms in total. The van der Waals surface area contributed by atoms with E-state index in [0.29, 0.717) is 0 Å². The van der Waals surface area contributed by atoms with Gasteiger partial charge in [0, 0.05) is 5.97 Å². The van der Waals surface area contributed by atoms with E-state index < -0.39 is 5.97 Å². The topological polar surface area (TPSA) is 40.1 Å². The van der Waals surface area contributed by atoms with Gasteiger partial charge < -0.3 is 9.90 Å². The molecule has 0 saturated carbocycles. The van der Waals surface area contributed by atoms with Crippen LogP contribution < -0.4 is 5.11 Å². The number of rotatable bonds is 2. The highest BCUT2D eigenvalue weighted by atomic mass is 16.4. The smallest absolute Gasteiger partial charge is 0.0445 e. The Morgan fingerprint density at radius 1 is 1.38 bits per heavy atom. The Morgan fingerprint density at radius 3 is 1.75 bits per heavy atom. The number of hydrogen-bond acceptors (Lipinski definition) is 2. The molecule has 0 aliphatic carbocycles. The lowest BCUT2D eigenvalue weighted by atomic mass is 9.99. The van der Waals surface area contributed by atoms with Gasteiger partial charge in [-0.3, -0.25) is 0 Å². The molecule has 1 unspecified atom stereocenters. The van der Waals surface area contributed by atoms with Crippen molar-refractivity contribution in [2.45, 2.75) is 20.8 Å². The van der Waals surface area contributed by atoms with Crippen LogP contribution in [0.15, 0.2) is 0 Å². The molecule has 8 heavy (non-hydrogen) atoms. The molecule has 48 valence electrons. The summed E-state index contributed by atoms with van der Waals surface area (Å²) < 4.78 is 0. The fourth-order valence-corrected chi connectivity index (χ4v) is 0.272. The molecule has 0 spiro atoms. The molecule has 0 heterocycles. The summed E-state index contributed by atoms with van der Waals surface area (Å²) in [4.78, 5) is 10.0. The minimum atomic E-state index is -0.958. The average molecular weight is 115 g/mol. The molecule has 0 N–H and O–H groups in total. The predicted octanol–water partition coefficient (Wildman–Crippen LogP) is 0.0284. The van der Waals surface area contributed by atoms with Gasteiger partial charge in [0.25, 0.3) is 0 Å². The lowest BCUT2D eigenvalue weighted by Gasteiger charge is -2.15. The first-order valence-electron chi connectivity index (χ1n) is 2.76. The quantitative estimate of drug-likeness (QED) is 0.509. The molecule has 1 atom stereocenters. The van der Waals surface area contributed by atoms with Crippen LogP contribution in [0.5, 0.6) is 0 Å². The number of carboxylic acid groups (broad SMARTS) is 1. The molecule has 0 fully saturated rings. The minimum absolute atomic E-state index is 0.181. The Kier molecular flexibility index (Phi) is 2.52. The Bertz CT molecular complexity index is 86.5. The summed E-state index contributed by atoms with van der Waals surface area (Å²) in [6.45, 7) is 5.38. The third-order valence-corrected chi connectivity index (χ3v) is 1.37. The van der Waals surface area contributed by atoms with E-state index in [2.05, 4.69) is 0 Å². The van der Waals surface area contributed by atoms with Gasteiger partial charge in [0.2, 0.25) is 0 Å². The second kappa shape index (κ2) is 2.70. The number of hydrogen-bond donors (Lipinski definition) is 0. The summed E-state index contributed by atoms with van der Waals surface area (Å²) in [6.07, 6.45) is 0. The fourth-order valence-electron chi connectivity index (χ4n) is 0.272. The largest absolute Gasteiger partial charge is 0.550 e. The highest BCUT2D eigenvalue weighted by Crippen LogP contribution is 2.06. The normalized spacial score (nSPS) is 14.0. The zero-order valence-electron chi connectivity index (χ0n) is 5.47. The molecule has 0 aliphatic heterocycles. The molecular weight excluding hydrogens is 104 g/mol. The first kappa shape index (κ1) is 7.47. The van der Waals surface area contributed by atoms with Crippen LogP contribution in [0.1, 0.15) is 20.8 Å². The Balaban J connectivity index is 3.64. The molecule has 0 amide bonds. The monoisotopic (exact) mass is 115 g/mol. The van der Waals surface area contributed by atoms with Crippen molar-refractivity contribution < 1.29 is 9.90 Å². The van der Waals surface area contributed by atoms with Crippen molar-refractivity contribution in [1.29, 1.82) is 0 Å². The molecule has 0 radical (unpaired) electrons. The fraction of sp³-hybridized carbons (Fsp3) is 0.833. The molecule has 0 bridgehead atoms. The second-order valence-electron chi connectivity index (χ2n) is 2.35. The first-order valence-corrected chi connectivity index (χ1v) is 2.76. The van der Waals surface area contributed by atoms with Gasteiger partial charge in [-0.15, -0.1) is 0 Å². The number of carboxylic acids is 1. The number of carbonyl (C=O) groups excluding carboxylic acids is 1. The predicted molar refractivity (Wildman–Crippen MR) is 29.0 cm³/mol. The molecule has 0 aromatic heterocycles. The summed E-state index contributed by atoms with van der Waals surface area (Å²) in [5.74, 6) is -1.10. The van der Waals surface area contributed by atoms with Gasteiger partial charge in [0.05, 0.1) is 0 Å². The number of aliphatic carboxylic acids is 1. The van der Waals surface area contributed by atoms with E-state index in [1.54, 1.807) is 6.92 Å². The molecule has 0 aliphatic rings. The SMILES string of the molecule is CC(C)C(C)C(=O)[O-]. The average Bonchev–Trinajstić information content (AvgIpc) is 1.64. The summed E-state index contributed by atoms with van der Waals surface area (Å²) >= 11 is 0. The maximum Gasteiger partial charge on any atom is 0.0445 e. The van der Waals surface area contributed by atoms with Gasteiger partial charge >= 0.3 is 0 Å². The third kappa shape index (κ3) is 1.96. The van der Waals surface area contributed by atoms with Crippen LogP contribution in [0, 0.1) is 11.8 Å². The van der Waals surface area contributed by atoms with Crippen molar-refractivity contribution in [3.05, 3.63) is 0 Å². The maximum atomic E-state index is 10.0. The van der Waals surface area contributed by atoms with Crippen LogP contribution in [0.3, 0.4) is 0 Å². The van der Waals surface area contributed by atoms with E-state index in [0.717, 1.165) is 0 Å². The lowest BCUT2D eigenvalue weighted by molar-refractivity contribution is -0.312. The van der Waals surface area contributed by atoms with Gasteiger partial charge in [-0.1, -0.05) is 20.8 Å². The Labute approximate surface area is 49.5 Å². The highest BCUT2D eigenvalue weighted by Gasteiger charge is 2.05. The summed E-state index contributed by atoms with van der Waals surface area (Å²) in [7, 11) is 0. The van der Waals surface area contributed by atoms with E-state index in [4.69, 9.17) is 0 Å². The van der Waals surface area contributed by atoms with Crippen LogP contribution in [0.25, 0.3) is 0 Å². The molecule has 0 saturated heterocycles. The van der Waals surface area contributed by atoms with Crippen molar-refractivity contribution in [2.75, 3.05) is 0 Å². The van der Waals surface area contributed by atoms with Gasteiger partial charge in [-0.25, -0.2) is 0 Å². The summed E-state index contributed by atoms with van der Waals surface area (Å²) in [5.41, 5.74) is 0. The molecule has 0 rings (SSSR count). The van der Waals surface area contributed by atoms with Gasteiger partial charge in [-0.2, -0.15) is 0 Å². The summed E-state index contributed by atoms with van der Waals surface area (Å²) in [6, 6.07) is 0. The van der Waals surface area contributed by atoms with Gasteiger partial charge in [0.15, 0.2) is 0 Å². The van der Waals surface area contributed by atoms with E-state index >= 15 is 0 Å². The lowest BCUT2D eigenvalue weighted by Crippen LogP contribution is -2.32. The van der Waals surface area contributed by atoms with Crippen molar-refractivity contribution >= 4 is 5.97 Å². The summed E-state index contributed by atoms with van der Waals surface area (Å²) in [5, 5.41) is 10.0. The maximum absolute atomic E-state index is 10.0. The van der Waals surface area contributed by atoms with Crippen LogP contribution >= 0.6 is 0 Å². The van der Waals surface area contributed by atoms with Gasteiger partial charge in [0.1, 0.15) is 0 Å². The van der Waals surface area contributed by atoms with Crippen LogP contribution in [0.4, 0.5) is 0 Å². The second-order valence-corrected chi connectivity index (χ2v) is 2.35. The van der Waals surface area contributed by atoms with E-state index in [1.807, 2.05) is 13.8 Å². The Morgan fingerprint density at radius 2 is 1.75 bits per heavy atom. The van der Waals surface area contributed by atoms with Crippen molar-refractivity contribution in [3.63, 3.8) is 0 Å². The Hall–Kier alpha value is -0.530. The standard InChI is InChI=1S/C6H12O2/c1-4(2)5(3)6(7)8/h4-5H,1-3H3,(H,7,8)/p-1. The van der Waals surface area contributed by atoms with Crippen LogP contribution in [-0.4, -0.2) is 5.97 Å². The van der Waals surface area contributed by atoms with E-state index in [-0.39, 0.29) is 11.8 Å². The zero-order valence-corrected chi connectivity index (χ0v) is 5.47. The zero-order chi connectivity index (χ0) is 6.73. The highest BCUT2D eigenvalue weighted by molar-refractivity contribution is 5.67. The van der Waals surface area contributed by atoms with Gasteiger partial charge in [-0.05, 0) is 11.8 Å². The minimum Gasteiger partial charge on any atom is -0.550 e. The van der Waals surface area contributed by atoms with E-state index in [9.17, 15) is 9.90 Å². The van der Waals surface area contributed by atoms with Crippen LogP contribution in [0.2, 0.25) is 0 Å². The first-order chi connectivity index (χ1) is 3.55. The van der Waals surface area contributed by atoms with Crippen molar-refractivity contribution in [1.82, 2.24) is 0 Å². The number of carbonyl (C=O) groups is 1. The molecule has 2 heteroatoms. The molecule has 0 aromatic rings. The van der Waals surface area contributed by atoms with E-state index in [1.165, 1.54) is 0 Å². The van der Waals surface area contributed by atoms with Crippen molar-refractivity contribution in [3.8, 4) is 0 Å². The van der Waals surface area contributed by atoms with Crippen molar-refractivity contribution in [2.24, 2.45) is 11.8 Å². The molecule has 0 aromatic carbocycles. The molecular formula is C6H11O2-. The third-order valence-electron chi connectivity index (χ3n) is 1.37.